The van der Waals surface area contributed by atoms with E-state index in [1.807, 2.05) is 12.1 Å². The van der Waals surface area contributed by atoms with Crippen molar-refractivity contribution in [2.24, 2.45) is 0 Å². The monoisotopic (exact) mass is 361 g/mol. The molecule has 3 heterocycles. The molecule has 2 atom stereocenters. The number of hydrogen-bond acceptors (Lipinski definition) is 5. The molecule has 0 amide bonds. The van der Waals surface area contributed by atoms with Crippen LogP contribution in [0.2, 0.25) is 0 Å². The van der Waals surface area contributed by atoms with Gasteiger partial charge in [-0.2, -0.15) is 10.1 Å². The molecule has 0 unspecified atom stereocenters. The molecule has 0 bridgehead atoms. The van der Waals surface area contributed by atoms with Crippen LogP contribution in [-0.4, -0.2) is 25.5 Å². The molecule has 0 spiro atoms. The van der Waals surface area contributed by atoms with Gasteiger partial charge in [0.2, 0.25) is 5.95 Å². The molecule has 1 aromatic carbocycles. The van der Waals surface area contributed by atoms with Gasteiger partial charge in [-0.05, 0) is 41.7 Å². The van der Waals surface area contributed by atoms with Crippen molar-refractivity contribution in [3.8, 4) is 0 Å². The van der Waals surface area contributed by atoms with Crippen LogP contribution in [0.1, 0.15) is 35.9 Å². The van der Waals surface area contributed by atoms with Gasteiger partial charge in [-0.15, -0.1) is 0 Å². The van der Waals surface area contributed by atoms with Gasteiger partial charge in [-0.25, -0.2) is 9.07 Å². The molecule has 1 N–H and O–H groups in total. The second-order valence-electron chi connectivity index (χ2n) is 6.81. The molecule has 0 fully saturated rings. The summed E-state index contributed by atoms with van der Waals surface area (Å²) in [4.78, 5) is 21.6. The molecule has 2 aliphatic rings. The van der Waals surface area contributed by atoms with Gasteiger partial charge in [0.15, 0.2) is 5.78 Å². The van der Waals surface area contributed by atoms with E-state index in [0.29, 0.717) is 24.4 Å². The third kappa shape index (κ3) is 2.63. The first kappa shape index (κ1) is 15.9. The van der Waals surface area contributed by atoms with Crippen LogP contribution < -0.4 is 5.32 Å². The number of carbonyl (C=O) groups is 1. The van der Waals surface area contributed by atoms with E-state index in [-0.39, 0.29) is 23.6 Å². The summed E-state index contributed by atoms with van der Waals surface area (Å²) in [5, 5.41) is 7.59. The van der Waals surface area contributed by atoms with Crippen molar-refractivity contribution in [2.45, 2.75) is 24.8 Å². The summed E-state index contributed by atoms with van der Waals surface area (Å²) in [6.07, 6.45) is 5.98. The van der Waals surface area contributed by atoms with Gasteiger partial charge in [0.25, 0.3) is 0 Å². The van der Waals surface area contributed by atoms with Crippen molar-refractivity contribution >= 4 is 11.7 Å². The van der Waals surface area contributed by atoms with Gasteiger partial charge in [0.1, 0.15) is 18.2 Å². The van der Waals surface area contributed by atoms with E-state index in [4.69, 9.17) is 0 Å². The van der Waals surface area contributed by atoms with Crippen molar-refractivity contribution in [3.05, 3.63) is 83.3 Å². The van der Waals surface area contributed by atoms with E-state index in [1.165, 1.54) is 18.5 Å². The molecule has 6 nitrogen and oxygen atoms in total. The van der Waals surface area contributed by atoms with Crippen LogP contribution >= 0.6 is 0 Å². The van der Waals surface area contributed by atoms with Gasteiger partial charge in [-0.1, -0.05) is 18.2 Å². The summed E-state index contributed by atoms with van der Waals surface area (Å²) in [6, 6.07) is 9.83. The summed E-state index contributed by atoms with van der Waals surface area (Å²) >= 11 is 0. The van der Waals surface area contributed by atoms with Crippen molar-refractivity contribution in [1.82, 2.24) is 19.7 Å². The van der Waals surface area contributed by atoms with Crippen LogP contribution in [0.5, 0.6) is 0 Å². The number of halogens is 1. The van der Waals surface area contributed by atoms with Crippen LogP contribution in [0.3, 0.4) is 0 Å². The fourth-order valence-corrected chi connectivity index (χ4v) is 3.97. The Hall–Kier alpha value is -3.35. The topological polar surface area (TPSA) is 72.7 Å². The van der Waals surface area contributed by atoms with Crippen LogP contribution in [0.15, 0.2) is 66.4 Å². The summed E-state index contributed by atoms with van der Waals surface area (Å²) in [7, 11) is 0. The molecule has 2 aromatic heterocycles. The summed E-state index contributed by atoms with van der Waals surface area (Å²) in [6.45, 7) is 0. The number of aromatic nitrogens is 4. The number of rotatable bonds is 2. The molecule has 0 saturated carbocycles. The van der Waals surface area contributed by atoms with E-state index in [1.54, 1.807) is 29.2 Å². The highest BCUT2D eigenvalue weighted by Gasteiger charge is 2.39. The zero-order valence-electron chi connectivity index (χ0n) is 14.3. The normalized spacial score (nSPS) is 21.4. The largest absolute Gasteiger partial charge is 0.328 e. The third-order valence-corrected chi connectivity index (χ3v) is 5.20. The lowest BCUT2D eigenvalue weighted by atomic mass is 9.78. The minimum Gasteiger partial charge on any atom is -0.328 e. The number of Topliss-reactive ketones (excluding diaryl/α,β-unsaturated/α-hetero) is 1. The minimum atomic E-state index is -0.339. The van der Waals surface area contributed by atoms with Gasteiger partial charge in [0, 0.05) is 30.1 Å². The summed E-state index contributed by atoms with van der Waals surface area (Å²) in [5.74, 6) is 0.401. The Morgan fingerprint density at radius 2 is 1.96 bits per heavy atom. The lowest BCUT2D eigenvalue weighted by molar-refractivity contribution is -0.116. The minimum absolute atomic E-state index is 0.00775. The standard InChI is InChI=1S/C20H16FN5O/c21-15-5-3-12(4-6-15)14-8-16-18(17(27)9-14)19(13-2-1-7-22-10-13)26-20(25-16)23-11-24-26/h1-7,10-11,14,19H,8-9H2,(H,23,24,25)/t14-,19-/m0/s1. The number of pyridine rings is 1. The molecule has 1 aliphatic carbocycles. The Morgan fingerprint density at radius 3 is 2.74 bits per heavy atom. The molecule has 134 valence electrons. The quantitative estimate of drug-likeness (QED) is 0.759. The van der Waals surface area contributed by atoms with Crippen LogP contribution in [0.4, 0.5) is 10.3 Å². The van der Waals surface area contributed by atoms with Crippen molar-refractivity contribution in [2.75, 3.05) is 5.32 Å². The van der Waals surface area contributed by atoms with Crippen LogP contribution in [-0.2, 0) is 4.79 Å². The van der Waals surface area contributed by atoms with Crippen LogP contribution in [0, 0.1) is 5.82 Å². The highest BCUT2D eigenvalue weighted by molar-refractivity contribution is 6.00. The first-order valence-electron chi connectivity index (χ1n) is 8.79. The van der Waals surface area contributed by atoms with Gasteiger partial charge >= 0.3 is 0 Å². The molecule has 5 rings (SSSR count). The predicted octanol–water partition coefficient (Wildman–Crippen LogP) is 3.23. The van der Waals surface area contributed by atoms with Gasteiger partial charge in [0.05, 0.1) is 0 Å². The molecule has 1 aliphatic heterocycles. The molecule has 27 heavy (non-hydrogen) atoms. The number of nitrogens with zero attached hydrogens (tertiary/aromatic N) is 4. The molecular weight excluding hydrogens is 345 g/mol. The fourth-order valence-electron chi connectivity index (χ4n) is 3.97. The average molecular weight is 361 g/mol. The van der Waals surface area contributed by atoms with Gasteiger partial charge < -0.3 is 5.32 Å². The smallest absolute Gasteiger partial charge is 0.226 e. The number of fused-ring (bicyclic) bond motifs is 1. The third-order valence-electron chi connectivity index (χ3n) is 5.20. The SMILES string of the molecule is O=C1C[C@@H](c2ccc(F)cc2)CC2=C1[C@H](c1cccnc1)n1ncnc1N2. The second kappa shape index (κ2) is 6.12. The maximum Gasteiger partial charge on any atom is 0.226 e. The number of nitrogens with one attached hydrogen (secondary N) is 1. The Morgan fingerprint density at radius 1 is 1.11 bits per heavy atom. The van der Waals surface area contributed by atoms with Crippen molar-refractivity contribution in [1.29, 1.82) is 0 Å². The van der Waals surface area contributed by atoms with E-state index in [2.05, 4.69) is 20.4 Å². The molecule has 0 radical (unpaired) electrons. The maximum absolute atomic E-state index is 13.3. The second-order valence-corrected chi connectivity index (χ2v) is 6.81. The number of allylic oxidation sites excluding steroid dienone is 2. The molecular formula is C20H16FN5O. The van der Waals surface area contributed by atoms with Gasteiger partial charge in [-0.3, -0.25) is 9.78 Å². The maximum atomic E-state index is 13.3. The van der Waals surface area contributed by atoms with Crippen molar-refractivity contribution < 1.29 is 9.18 Å². The number of hydrogen-bond donors (Lipinski definition) is 1. The van der Waals surface area contributed by atoms with Crippen molar-refractivity contribution in [3.63, 3.8) is 0 Å². The summed E-state index contributed by atoms with van der Waals surface area (Å²) < 4.78 is 15.0. The number of ketones is 1. The zero-order chi connectivity index (χ0) is 18.4. The van der Waals surface area contributed by atoms with E-state index >= 15 is 0 Å². The van der Waals surface area contributed by atoms with Crippen LogP contribution in [0.25, 0.3) is 0 Å². The number of benzene rings is 1. The highest BCUT2D eigenvalue weighted by Crippen LogP contribution is 2.43. The predicted molar refractivity (Wildman–Crippen MR) is 96.4 cm³/mol. The molecule has 7 heteroatoms. The number of carbonyl (C=O) groups excluding carboxylic acids is 1. The average Bonchev–Trinajstić information content (AvgIpc) is 3.15. The first-order chi connectivity index (χ1) is 13.2. The fraction of sp³-hybridized carbons (Fsp3) is 0.200. The Labute approximate surface area is 154 Å². The summed E-state index contributed by atoms with van der Waals surface area (Å²) in [5.41, 5.74) is 3.42. The lowest BCUT2D eigenvalue weighted by Gasteiger charge is -2.35. The molecule has 3 aromatic rings. The number of anilines is 1. The Kier molecular flexibility index (Phi) is 3.60. The van der Waals surface area contributed by atoms with E-state index in [0.717, 1.165) is 16.8 Å². The lowest BCUT2D eigenvalue weighted by Crippen LogP contribution is -2.33. The Balaban J connectivity index is 1.58. The zero-order valence-corrected chi connectivity index (χ0v) is 14.3. The highest BCUT2D eigenvalue weighted by atomic mass is 19.1. The van der Waals surface area contributed by atoms with E-state index in [9.17, 15) is 9.18 Å². The van der Waals surface area contributed by atoms with E-state index < -0.39 is 0 Å². The Bertz CT molecular complexity index is 1040. The molecule has 0 saturated heterocycles. The first-order valence-corrected chi connectivity index (χ1v) is 8.79.